The van der Waals surface area contributed by atoms with Gasteiger partial charge in [-0.1, -0.05) is 48.5 Å². The van der Waals surface area contributed by atoms with Crippen LogP contribution in [0.2, 0.25) is 0 Å². The second kappa shape index (κ2) is 14.3. The number of aliphatic carboxylic acids is 1. The van der Waals surface area contributed by atoms with Crippen molar-refractivity contribution in [3.8, 4) is 16.9 Å². The molecule has 0 aliphatic carbocycles. The van der Waals surface area contributed by atoms with Crippen LogP contribution in [-0.4, -0.2) is 38.5 Å². The van der Waals surface area contributed by atoms with Gasteiger partial charge < -0.3 is 19.9 Å². The molecule has 1 unspecified atom stereocenters. The van der Waals surface area contributed by atoms with Crippen LogP contribution >= 0.6 is 0 Å². The van der Waals surface area contributed by atoms with Gasteiger partial charge in [-0.3, -0.25) is 13.9 Å². The largest absolute Gasteiger partial charge is 0.479 e. The Labute approximate surface area is 276 Å². The first-order valence-electron chi connectivity index (χ1n) is 14.8. The standard InChI is InChI=1S/C34H32F5N3O7/c1-19-28(21-12-8-15-26(29(21)36)48-18-27(43)44)30(45)42(17-25(20-10-6-5-7-11-20)40-31(46)49-33(2,3)4)32(47)41(19)16-22-23(34(37,38)39)13-9-14-24(22)35/h5-15,25H,16-18H2,1-4H3,(H,40,46)(H,43,44). The Kier molecular flexibility index (Phi) is 10.6. The van der Waals surface area contributed by atoms with Crippen LogP contribution in [0.3, 0.4) is 0 Å². The number of ether oxygens (including phenoxy) is 2. The quantitative estimate of drug-likeness (QED) is 0.194. The molecule has 0 aliphatic heterocycles. The zero-order chi connectivity index (χ0) is 36.3. The fourth-order valence-corrected chi connectivity index (χ4v) is 5.11. The van der Waals surface area contributed by atoms with E-state index in [-0.39, 0.29) is 5.69 Å². The van der Waals surface area contributed by atoms with Gasteiger partial charge in [0.1, 0.15) is 11.4 Å². The van der Waals surface area contributed by atoms with Crippen LogP contribution in [-0.2, 0) is 28.8 Å². The van der Waals surface area contributed by atoms with E-state index in [1.54, 1.807) is 51.1 Å². The van der Waals surface area contributed by atoms with E-state index < -0.39 is 100 Å². The number of benzene rings is 3. The van der Waals surface area contributed by atoms with Crippen molar-refractivity contribution in [2.75, 3.05) is 6.61 Å². The predicted octanol–water partition coefficient (Wildman–Crippen LogP) is 6.06. The second-order valence-electron chi connectivity index (χ2n) is 11.9. The van der Waals surface area contributed by atoms with E-state index in [1.165, 1.54) is 13.0 Å². The fraction of sp³-hybridized carbons (Fsp3) is 0.294. The number of alkyl carbamates (subject to hydrolysis) is 1. The van der Waals surface area contributed by atoms with Gasteiger partial charge in [0.25, 0.3) is 5.56 Å². The molecule has 0 spiro atoms. The minimum atomic E-state index is -5.02. The van der Waals surface area contributed by atoms with Gasteiger partial charge in [0.2, 0.25) is 0 Å². The van der Waals surface area contributed by atoms with Crippen molar-refractivity contribution in [2.45, 2.75) is 58.6 Å². The number of carboxylic acid groups (broad SMARTS) is 1. The normalized spacial score (nSPS) is 12.3. The molecule has 1 amide bonds. The maximum absolute atomic E-state index is 15.9. The number of aromatic nitrogens is 2. The first kappa shape index (κ1) is 36.4. The topological polar surface area (TPSA) is 129 Å². The molecule has 0 saturated heterocycles. The number of rotatable bonds is 10. The summed E-state index contributed by atoms with van der Waals surface area (Å²) in [6.45, 7) is 3.43. The molecule has 2 N–H and O–H groups in total. The molecule has 1 atom stereocenters. The number of carboxylic acids is 1. The highest BCUT2D eigenvalue weighted by Crippen LogP contribution is 2.34. The molecule has 4 aromatic rings. The van der Waals surface area contributed by atoms with Gasteiger partial charge >= 0.3 is 23.9 Å². The summed E-state index contributed by atoms with van der Waals surface area (Å²) in [4.78, 5) is 52.2. The molecule has 1 heterocycles. The molecule has 0 radical (unpaired) electrons. The summed E-state index contributed by atoms with van der Waals surface area (Å²) >= 11 is 0. The SMILES string of the molecule is Cc1c(-c2cccc(OCC(=O)O)c2F)c(=O)n(CC(NC(=O)OC(C)(C)C)c2ccccc2)c(=O)n1Cc1c(F)cccc1C(F)(F)F. The van der Waals surface area contributed by atoms with E-state index in [4.69, 9.17) is 14.6 Å². The van der Waals surface area contributed by atoms with Gasteiger partial charge in [-0.15, -0.1) is 0 Å². The Morgan fingerprint density at radius 3 is 2.18 bits per heavy atom. The molecule has 3 aromatic carbocycles. The number of alkyl halides is 3. The van der Waals surface area contributed by atoms with Crippen molar-refractivity contribution in [1.29, 1.82) is 0 Å². The third-order valence-corrected chi connectivity index (χ3v) is 7.27. The highest BCUT2D eigenvalue weighted by atomic mass is 19.4. The number of halogens is 5. The Hall–Kier alpha value is -5.47. The lowest BCUT2D eigenvalue weighted by Gasteiger charge is -2.25. The van der Waals surface area contributed by atoms with Crippen molar-refractivity contribution in [1.82, 2.24) is 14.5 Å². The molecule has 0 aliphatic rings. The lowest BCUT2D eigenvalue weighted by Crippen LogP contribution is -2.46. The molecule has 10 nitrogen and oxygen atoms in total. The summed E-state index contributed by atoms with van der Waals surface area (Å²) in [7, 11) is 0. The van der Waals surface area contributed by atoms with E-state index in [0.29, 0.717) is 20.8 Å². The van der Waals surface area contributed by atoms with Gasteiger partial charge in [0, 0.05) is 16.8 Å². The average Bonchev–Trinajstić information content (AvgIpc) is 3.00. The van der Waals surface area contributed by atoms with E-state index in [0.717, 1.165) is 24.3 Å². The van der Waals surface area contributed by atoms with Crippen LogP contribution in [0.25, 0.3) is 11.1 Å². The fourth-order valence-electron chi connectivity index (χ4n) is 5.11. The van der Waals surface area contributed by atoms with Crippen molar-refractivity contribution in [3.05, 3.63) is 122 Å². The molecule has 4 rings (SSSR count). The van der Waals surface area contributed by atoms with Crippen LogP contribution in [0.15, 0.2) is 76.3 Å². The summed E-state index contributed by atoms with van der Waals surface area (Å²) in [5.41, 5.74) is -6.43. The summed E-state index contributed by atoms with van der Waals surface area (Å²) in [5.74, 6) is -4.48. The smallest absolute Gasteiger partial charge is 0.416 e. The van der Waals surface area contributed by atoms with Crippen molar-refractivity contribution >= 4 is 12.1 Å². The Bertz CT molecular complexity index is 1980. The van der Waals surface area contributed by atoms with Gasteiger partial charge in [0.05, 0.1) is 30.3 Å². The van der Waals surface area contributed by atoms with E-state index in [2.05, 4.69) is 5.32 Å². The highest BCUT2D eigenvalue weighted by molar-refractivity contribution is 5.70. The van der Waals surface area contributed by atoms with Crippen molar-refractivity contribution in [2.24, 2.45) is 0 Å². The summed E-state index contributed by atoms with van der Waals surface area (Å²) in [6, 6.07) is 12.7. The monoisotopic (exact) mass is 689 g/mol. The molecule has 260 valence electrons. The van der Waals surface area contributed by atoms with Crippen molar-refractivity contribution < 1.29 is 46.1 Å². The van der Waals surface area contributed by atoms with Crippen LogP contribution in [0.4, 0.5) is 26.7 Å². The molecule has 0 bridgehead atoms. The molecule has 0 saturated carbocycles. The molecule has 0 fully saturated rings. The third-order valence-electron chi connectivity index (χ3n) is 7.27. The Balaban J connectivity index is 2.00. The number of hydrogen-bond acceptors (Lipinski definition) is 6. The van der Waals surface area contributed by atoms with Gasteiger partial charge in [-0.05, 0) is 51.5 Å². The van der Waals surface area contributed by atoms with Crippen LogP contribution in [0.1, 0.15) is 49.2 Å². The zero-order valence-electron chi connectivity index (χ0n) is 26.7. The molecular weight excluding hydrogens is 657 g/mol. The van der Waals surface area contributed by atoms with Crippen molar-refractivity contribution in [3.63, 3.8) is 0 Å². The van der Waals surface area contributed by atoms with Crippen LogP contribution < -0.4 is 21.3 Å². The van der Waals surface area contributed by atoms with Gasteiger partial charge in [0.15, 0.2) is 18.2 Å². The highest BCUT2D eigenvalue weighted by Gasteiger charge is 2.35. The lowest BCUT2D eigenvalue weighted by atomic mass is 10.0. The Morgan fingerprint density at radius 1 is 0.918 bits per heavy atom. The number of carbonyl (C=O) groups excluding carboxylic acids is 1. The first-order valence-corrected chi connectivity index (χ1v) is 14.8. The molecule has 1 aromatic heterocycles. The first-order chi connectivity index (χ1) is 22.9. The molecular formula is C34H32F5N3O7. The number of nitrogens with one attached hydrogen (secondary N) is 1. The zero-order valence-corrected chi connectivity index (χ0v) is 26.7. The molecule has 15 heteroatoms. The van der Waals surface area contributed by atoms with E-state index in [9.17, 15) is 32.3 Å². The van der Waals surface area contributed by atoms with E-state index >= 15 is 8.78 Å². The number of amides is 1. The van der Waals surface area contributed by atoms with Gasteiger partial charge in [-0.2, -0.15) is 13.2 Å². The summed E-state index contributed by atoms with van der Waals surface area (Å²) in [6.07, 6.45) is -5.94. The number of nitrogens with zero attached hydrogens (tertiary/aromatic N) is 2. The summed E-state index contributed by atoms with van der Waals surface area (Å²) < 4.78 is 84.5. The van der Waals surface area contributed by atoms with Crippen LogP contribution in [0.5, 0.6) is 5.75 Å². The van der Waals surface area contributed by atoms with Gasteiger partial charge in [-0.25, -0.2) is 23.2 Å². The average molecular weight is 690 g/mol. The predicted molar refractivity (Wildman–Crippen MR) is 167 cm³/mol. The lowest BCUT2D eigenvalue weighted by molar-refractivity contribution is -0.139. The minimum Gasteiger partial charge on any atom is -0.479 e. The Morgan fingerprint density at radius 2 is 1.57 bits per heavy atom. The maximum Gasteiger partial charge on any atom is 0.416 e. The minimum absolute atomic E-state index is 0.326. The molecule has 49 heavy (non-hydrogen) atoms. The third kappa shape index (κ3) is 8.52. The second-order valence-corrected chi connectivity index (χ2v) is 11.9. The van der Waals surface area contributed by atoms with Crippen LogP contribution in [0, 0.1) is 18.6 Å². The van der Waals surface area contributed by atoms with E-state index in [1.807, 2.05) is 0 Å². The summed E-state index contributed by atoms with van der Waals surface area (Å²) in [5, 5.41) is 11.6. The maximum atomic E-state index is 15.9. The number of hydrogen-bond donors (Lipinski definition) is 2. The number of carbonyl (C=O) groups is 2.